The summed E-state index contributed by atoms with van der Waals surface area (Å²) in [6, 6.07) is 11.6. The van der Waals surface area contributed by atoms with Crippen molar-refractivity contribution in [2.75, 3.05) is 32.1 Å². The van der Waals surface area contributed by atoms with Gasteiger partial charge in [0.2, 0.25) is 0 Å². The Hall–Kier alpha value is -2.31. The van der Waals surface area contributed by atoms with Gasteiger partial charge in [-0.15, -0.1) is 11.3 Å². The molecule has 0 bridgehead atoms. The first-order valence-corrected chi connectivity index (χ1v) is 10.2. The van der Waals surface area contributed by atoms with Gasteiger partial charge in [-0.1, -0.05) is 6.07 Å². The zero-order valence-corrected chi connectivity index (χ0v) is 16.6. The molecule has 0 spiro atoms. The van der Waals surface area contributed by atoms with Crippen LogP contribution in [0.15, 0.2) is 41.8 Å². The number of carbonyl (C=O) groups excluding carboxylic acids is 1. The van der Waals surface area contributed by atoms with Gasteiger partial charge in [0.1, 0.15) is 11.4 Å². The molecule has 0 aliphatic carbocycles. The molecule has 1 atom stereocenters. The summed E-state index contributed by atoms with van der Waals surface area (Å²) in [6.45, 7) is 2.98. The SMILES string of the molecule is CN1CCCC(COc2cccc(NC(=O)c3cc4sccc4n3C)c2)C1. The standard InChI is InChI=1S/C21H25N3O2S/c1-23-9-4-5-15(13-23)14-26-17-7-3-6-16(11-17)22-21(25)19-12-20-18(24(19)2)8-10-27-20/h3,6-8,10-12,15H,4-5,9,13-14H2,1-2H3,(H,22,25). The summed E-state index contributed by atoms with van der Waals surface area (Å²) in [6.07, 6.45) is 2.44. The predicted molar refractivity (Wildman–Crippen MR) is 111 cm³/mol. The van der Waals surface area contributed by atoms with Gasteiger partial charge in [0.15, 0.2) is 0 Å². The van der Waals surface area contributed by atoms with Gasteiger partial charge in [0.25, 0.3) is 5.91 Å². The fourth-order valence-electron chi connectivity index (χ4n) is 3.75. The molecule has 0 saturated carbocycles. The number of aromatic nitrogens is 1. The Bertz CT molecular complexity index is 946. The van der Waals surface area contributed by atoms with Crippen molar-refractivity contribution in [3.8, 4) is 5.75 Å². The van der Waals surface area contributed by atoms with Gasteiger partial charge in [-0.05, 0) is 56.1 Å². The van der Waals surface area contributed by atoms with Gasteiger partial charge < -0.3 is 19.5 Å². The van der Waals surface area contributed by atoms with E-state index in [0.717, 1.165) is 34.8 Å². The molecule has 1 aromatic carbocycles. The zero-order valence-electron chi connectivity index (χ0n) is 15.8. The number of aryl methyl sites for hydroxylation is 1. The summed E-state index contributed by atoms with van der Waals surface area (Å²) in [4.78, 5) is 15.0. The summed E-state index contributed by atoms with van der Waals surface area (Å²) in [5, 5.41) is 5.03. The van der Waals surface area contributed by atoms with Crippen LogP contribution in [-0.4, -0.2) is 42.1 Å². The molecule has 27 heavy (non-hydrogen) atoms. The lowest BCUT2D eigenvalue weighted by molar-refractivity contribution is 0.101. The molecule has 1 unspecified atom stereocenters. The number of amides is 1. The van der Waals surface area contributed by atoms with E-state index in [0.29, 0.717) is 11.6 Å². The Morgan fingerprint density at radius 1 is 1.30 bits per heavy atom. The molecule has 5 nitrogen and oxygen atoms in total. The smallest absolute Gasteiger partial charge is 0.272 e. The Labute approximate surface area is 163 Å². The Kier molecular flexibility index (Phi) is 5.18. The van der Waals surface area contributed by atoms with Gasteiger partial charge in [-0.25, -0.2) is 0 Å². The molecule has 0 radical (unpaired) electrons. The topological polar surface area (TPSA) is 46.5 Å². The van der Waals surface area contributed by atoms with Crippen molar-refractivity contribution in [1.29, 1.82) is 0 Å². The van der Waals surface area contributed by atoms with Gasteiger partial charge in [0, 0.05) is 31.3 Å². The minimum absolute atomic E-state index is 0.105. The molecule has 3 heterocycles. The number of piperidine rings is 1. The molecular weight excluding hydrogens is 358 g/mol. The van der Waals surface area contributed by atoms with Crippen LogP contribution in [0.5, 0.6) is 5.75 Å². The molecule has 6 heteroatoms. The molecule has 1 aliphatic rings. The van der Waals surface area contributed by atoms with Gasteiger partial charge in [0.05, 0.1) is 16.8 Å². The number of anilines is 1. The number of ether oxygens (including phenoxy) is 1. The van der Waals surface area contributed by atoms with Crippen LogP contribution in [-0.2, 0) is 7.05 Å². The summed E-state index contributed by atoms with van der Waals surface area (Å²) in [7, 11) is 4.08. The lowest BCUT2D eigenvalue weighted by Crippen LogP contribution is -2.34. The molecular formula is C21H25N3O2S. The largest absolute Gasteiger partial charge is 0.493 e. The number of fused-ring (bicyclic) bond motifs is 1. The van der Waals surface area contributed by atoms with Crippen molar-refractivity contribution in [1.82, 2.24) is 9.47 Å². The average molecular weight is 384 g/mol. The van der Waals surface area contributed by atoms with E-state index in [-0.39, 0.29) is 5.91 Å². The zero-order chi connectivity index (χ0) is 18.8. The highest BCUT2D eigenvalue weighted by atomic mass is 32.1. The van der Waals surface area contributed by atoms with Crippen LogP contribution in [0.3, 0.4) is 0 Å². The summed E-state index contributed by atoms with van der Waals surface area (Å²) in [5.41, 5.74) is 2.50. The maximum atomic E-state index is 12.7. The predicted octanol–water partition coefficient (Wildman–Crippen LogP) is 4.21. The fraction of sp³-hybridized carbons (Fsp3) is 0.381. The third-order valence-corrected chi connectivity index (χ3v) is 6.05. The number of nitrogens with zero attached hydrogens (tertiary/aromatic N) is 2. The van der Waals surface area contributed by atoms with Crippen LogP contribution in [0.1, 0.15) is 23.3 Å². The van der Waals surface area contributed by atoms with Gasteiger partial charge in [-0.3, -0.25) is 4.79 Å². The van der Waals surface area contributed by atoms with E-state index in [1.807, 2.05) is 53.4 Å². The quantitative estimate of drug-likeness (QED) is 0.718. The van der Waals surface area contributed by atoms with Crippen LogP contribution >= 0.6 is 11.3 Å². The fourth-order valence-corrected chi connectivity index (χ4v) is 4.60. The lowest BCUT2D eigenvalue weighted by atomic mass is 10.00. The van der Waals surface area contributed by atoms with Crippen molar-refractivity contribution >= 4 is 33.1 Å². The van der Waals surface area contributed by atoms with E-state index in [4.69, 9.17) is 4.74 Å². The van der Waals surface area contributed by atoms with E-state index >= 15 is 0 Å². The third-order valence-electron chi connectivity index (χ3n) is 5.20. The summed E-state index contributed by atoms with van der Waals surface area (Å²) in [5.74, 6) is 1.26. The number of likely N-dealkylation sites (tertiary alicyclic amines) is 1. The Morgan fingerprint density at radius 2 is 2.19 bits per heavy atom. The number of benzene rings is 1. The molecule has 142 valence electrons. The molecule has 3 aromatic rings. The first kappa shape index (κ1) is 18.1. The Morgan fingerprint density at radius 3 is 3.00 bits per heavy atom. The van der Waals surface area contributed by atoms with Crippen LogP contribution < -0.4 is 10.1 Å². The highest BCUT2D eigenvalue weighted by Crippen LogP contribution is 2.25. The second-order valence-corrected chi connectivity index (χ2v) is 8.27. The maximum Gasteiger partial charge on any atom is 0.272 e. The molecule has 1 saturated heterocycles. The molecule has 1 amide bonds. The molecule has 1 fully saturated rings. The maximum absolute atomic E-state index is 12.7. The molecule has 2 aromatic heterocycles. The molecule has 1 aliphatic heterocycles. The minimum atomic E-state index is -0.105. The van der Waals surface area contributed by atoms with Crippen LogP contribution in [0.25, 0.3) is 10.2 Å². The van der Waals surface area contributed by atoms with Crippen LogP contribution in [0.2, 0.25) is 0 Å². The third kappa shape index (κ3) is 4.01. The second-order valence-electron chi connectivity index (χ2n) is 7.32. The van der Waals surface area contributed by atoms with Crippen LogP contribution in [0.4, 0.5) is 5.69 Å². The Balaban J connectivity index is 1.40. The minimum Gasteiger partial charge on any atom is -0.493 e. The van der Waals surface area contributed by atoms with E-state index in [1.165, 1.54) is 19.4 Å². The second kappa shape index (κ2) is 7.74. The number of hydrogen-bond acceptors (Lipinski definition) is 4. The van der Waals surface area contributed by atoms with E-state index < -0.39 is 0 Å². The summed E-state index contributed by atoms with van der Waals surface area (Å²) >= 11 is 1.64. The summed E-state index contributed by atoms with van der Waals surface area (Å²) < 4.78 is 9.05. The molecule has 1 N–H and O–H groups in total. The first-order chi connectivity index (χ1) is 13.1. The molecule has 4 rings (SSSR count). The van der Waals surface area contributed by atoms with Crippen molar-refractivity contribution < 1.29 is 9.53 Å². The highest BCUT2D eigenvalue weighted by Gasteiger charge is 2.18. The monoisotopic (exact) mass is 383 g/mol. The van der Waals surface area contributed by atoms with E-state index in [1.54, 1.807) is 11.3 Å². The first-order valence-electron chi connectivity index (χ1n) is 9.36. The van der Waals surface area contributed by atoms with Crippen molar-refractivity contribution in [2.24, 2.45) is 13.0 Å². The van der Waals surface area contributed by atoms with Crippen molar-refractivity contribution in [3.05, 3.63) is 47.5 Å². The van der Waals surface area contributed by atoms with Gasteiger partial charge >= 0.3 is 0 Å². The number of carbonyl (C=O) groups is 1. The number of hydrogen-bond donors (Lipinski definition) is 1. The van der Waals surface area contributed by atoms with Crippen LogP contribution in [0, 0.1) is 5.92 Å². The number of rotatable bonds is 5. The lowest BCUT2D eigenvalue weighted by Gasteiger charge is -2.29. The number of thiophene rings is 1. The average Bonchev–Trinajstić information content (AvgIpc) is 3.24. The van der Waals surface area contributed by atoms with Crippen molar-refractivity contribution in [3.63, 3.8) is 0 Å². The number of nitrogens with one attached hydrogen (secondary N) is 1. The normalized spacial score (nSPS) is 17.9. The highest BCUT2D eigenvalue weighted by molar-refractivity contribution is 7.17. The van der Waals surface area contributed by atoms with E-state index in [9.17, 15) is 4.79 Å². The van der Waals surface area contributed by atoms with E-state index in [2.05, 4.69) is 17.3 Å². The van der Waals surface area contributed by atoms with Gasteiger partial charge in [-0.2, -0.15) is 0 Å². The van der Waals surface area contributed by atoms with Crippen molar-refractivity contribution in [2.45, 2.75) is 12.8 Å².